The van der Waals surface area contributed by atoms with E-state index in [-0.39, 0.29) is 6.61 Å². The second kappa shape index (κ2) is 7.62. The third-order valence-electron chi connectivity index (χ3n) is 3.00. The third-order valence-corrected chi connectivity index (χ3v) is 4.62. The van der Waals surface area contributed by atoms with E-state index in [1.807, 2.05) is 26.0 Å². The molecule has 4 nitrogen and oxygen atoms in total. The van der Waals surface area contributed by atoms with E-state index in [1.165, 1.54) is 0 Å². The molecular formula is C14H23NO3S. The van der Waals surface area contributed by atoms with Gasteiger partial charge in [0.05, 0.1) is 4.90 Å². The van der Waals surface area contributed by atoms with Gasteiger partial charge in [-0.1, -0.05) is 30.5 Å². The number of unbranched alkanes of at least 4 members (excludes halogenated alkanes) is 3. The predicted octanol–water partition coefficient (Wildman–Crippen LogP) is 2.13. The fourth-order valence-corrected chi connectivity index (χ4v) is 3.27. The summed E-state index contributed by atoms with van der Waals surface area (Å²) >= 11 is 0. The van der Waals surface area contributed by atoms with Crippen LogP contribution in [0.2, 0.25) is 0 Å². The van der Waals surface area contributed by atoms with Crippen molar-refractivity contribution in [2.75, 3.05) is 13.2 Å². The number of sulfonamides is 1. The van der Waals surface area contributed by atoms with Gasteiger partial charge in [0, 0.05) is 13.2 Å². The van der Waals surface area contributed by atoms with Crippen molar-refractivity contribution in [3.63, 3.8) is 0 Å². The van der Waals surface area contributed by atoms with Crippen molar-refractivity contribution in [1.29, 1.82) is 0 Å². The molecule has 108 valence electrons. The summed E-state index contributed by atoms with van der Waals surface area (Å²) in [6.07, 6.45) is 3.44. The molecule has 1 aromatic rings. The first-order chi connectivity index (χ1) is 8.97. The Bertz CT molecular complexity index is 497. The van der Waals surface area contributed by atoms with Crippen LogP contribution in [-0.4, -0.2) is 26.7 Å². The van der Waals surface area contributed by atoms with Gasteiger partial charge < -0.3 is 5.11 Å². The summed E-state index contributed by atoms with van der Waals surface area (Å²) < 4.78 is 26.8. The van der Waals surface area contributed by atoms with Crippen molar-refractivity contribution in [1.82, 2.24) is 4.72 Å². The van der Waals surface area contributed by atoms with Gasteiger partial charge in [0.25, 0.3) is 0 Å². The van der Waals surface area contributed by atoms with Gasteiger partial charge >= 0.3 is 0 Å². The van der Waals surface area contributed by atoms with Crippen LogP contribution in [0.4, 0.5) is 0 Å². The molecule has 0 aliphatic rings. The summed E-state index contributed by atoms with van der Waals surface area (Å²) in [5.41, 5.74) is 1.83. The summed E-state index contributed by atoms with van der Waals surface area (Å²) in [7, 11) is -3.40. The van der Waals surface area contributed by atoms with Gasteiger partial charge in [-0.2, -0.15) is 0 Å². The van der Waals surface area contributed by atoms with Gasteiger partial charge in [0.15, 0.2) is 0 Å². The predicted molar refractivity (Wildman–Crippen MR) is 76.7 cm³/mol. The molecule has 5 heteroatoms. The maximum atomic E-state index is 12.1. The van der Waals surface area contributed by atoms with Gasteiger partial charge in [-0.15, -0.1) is 0 Å². The number of aliphatic hydroxyl groups excluding tert-OH is 1. The molecule has 0 bridgehead atoms. The Morgan fingerprint density at radius 2 is 1.79 bits per heavy atom. The van der Waals surface area contributed by atoms with E-state index in [9.17, 15) is 8.42 Å². The van der Waals surface area contributed by atoms with Crippen LogP contribution < -0.4 is 4.72 Å². The third kappa shape index (κ3) is 5.30. The molecule has 0 aromatic heterocycles. The molecule has 0 saturated carbocycles. The molecule has 0 fully saturated rings. The number of nitrogens with one attached hydrogen (secondary N) is 1. The van der Waals surface area contributed by atoms with E-state index in [0.717, 1.165) is 36.8 Å². The Kier molecular flexibility index (Phi) is 6.48. The normalized spacial score (nSPS) is 11.7. The second-order valence-electron chi connectivity index (χ2n) is 4.80. The lowest BCUT2D eigenvalue weighted by Crippen LogP contribution is -2.25. The topological polar surface area (TPSA) is 66.4 Å². The van der Waals surface area contributed by atoms with Crippen LogP contribution >= 0.6 is 0 Å². The molecule has 0 spiro atoms. The van der Waals surface area contributed by atoms with Crippen molar-refractivity contribution in [2.24, 2.45) is 0 Å². The Hall–Kier alpha value is -0.910. The van der Waals surface area contributed by atoms with Gasteiger partial charge in [-0.25, -0.2) is 13.1 Å². The van der Waals surface area contributed by atoms with Crippen LogP contribution in [0.5, 0.6) is 0 Å². The first-order valence-electron chi connectivity index (χ1n) is 6.65. The highest BCUT2D eigenvalue weighted by Crippen LogP contribution is 2.16. The Balaban J connectivity index is 2.52. The lowest BCUT2D eigenvalue weighted by molar-refractivity contribution is 0.282. The molecule has 0 aliphatic heterocycles. The van der Waals surface area contributed by atoms with Crippen molar-refractivity contribution in [3.8, 4) is 0 Å². The number of benzene rings is 1. The molecule has 0 amide bonds. The minimum absolute atomic E-state index is 0.203. The number of aryl methyl sites for hydroxylation is 2. The van der Waals surface area contributed by atoms with Crippen molar-refractivity contribution in [2.45, 2.75) is 44.4 Å². The number of hydrogen-bond donors (Lipinski definition) is 2. The maximum Gasteiger partial charge on any atom is 0.240 e. The highest BCUT2D eigenvalue weighted by molar-refractivity contribution is 7.89. The molecule has 0 unspecified atom stereocenters. The first kappa shape index (κ1) is 16.1. The number of aliphatic hydroxyl groups is 1. The lowest BCUT2D eigenvalue weighted by atomic mass is 10.2. The molecule has 0 saturated heterocycles. The van der Waals surface area contributed by atoms with Crippen LogP contribution in [0.3, 0.4) is 0 Å². The zero-order chi connectivity index (χ0) is 14.3. The zero-order valence-corrected chi connectivity index (χ0v) is 12.5. The highest BCUT2D eigenvalue weighted by Gasteiger charge is 2.15. The monoisotopic (exact) mass is 285 g/mol. The number of hydrogen-bond acceptors (Lipinski definition) is 3. The summed E-state index contributed by atoms with van der Waals surface area (Å²) in [5.74, 6) is 0. The Labute approximate surface area is 115 Å². The molecular weight excluding hydrogens is 262 g/mol. The van der Waals surface area contributed by atoms with E-state index in [2.05, 4.69) is 4.72 Å². The van der Waals surface area contributed by atoms with E-state index in [1.54, 1.807) is 6.07 Å². The van der Waals surface area contributed by atoms with Crippen LogP contribution in [0.1, 0.15) is 36.8 Å². The Morgan fingerprint density at radius 1 is 1.11 bits per heavy atom. The van der Waals surface area contributed by atoms with Crippen molar-refractivity contribution < 1.29 is 13.5 Å². The minimum Gasteiger partial charge on any atom is -0.396 e. The van der Waals surface area contributed by atoms with Gasteiger partial charge in [-0.3, -0.25) is 0 Å². The standard InChI is InChI=1S/C14H23NO3S/c1-12-7-8-14(13(2)11-12)19(17,18)15-9-5-3-4-6-10-16/h7-8,11,15-16H,3-6,9-10H2,1-2H3. The summed E-state index contributed by atoms with van der Waals surface area (Å²) in [6.45, 7) is 4.40. The fourth-order valence-electron chi connectivity index (χ4n) is 1.98. The van der Waals surface area contributed by atoms with Crippen molar-refractivity contribution >= 4 is 10.0 Å². The molecule has 0 heterocycles. The average Bonchev–Trinajstić information content (AvgIpc) is 2.33. The van der Waals surface area contributed by atoms with E-state index >= 15 is 0 Å². The van der Waals surface area contributed by atoms with Crippen LogP contribution in [0.25, 0.3) is 0 Å². The second-order valence-corrected chi connectivity index (χ2v) is 6.54. The molecule has 19 heavy (non-hydrogen) atoms. The SMILES string of the molecule is Cc1ccc(S(=O)(=O)NCCCCCCO)c(C)c1. The summed E-state index contributed by atoms with van der Waals surface area (Å²) in [6, 6.07) is 5.33. The minimum atomic E-state index is -3.40. The summed E-state index contributed by atoms with van der Waals surface area (Å²) in [4.78, 5) is 0.355. The molecule has 2 N–H and O–H groups in total. The van der Waals surface area contributed by atoms with E-state index in [0.29, 0.717) is 11.4 Å². The van der Waals surface area contributed by atoms with Gasteiger partial charge in [-0.05, 0) is 38.3 Å². The fraction of sp³-hybridized carbons (Fsp3) is 0.571. The Morgan fingerprint density at radius 3 is 2.42 bits per heavy atom. The van der Waals surface area contributed by atoms with Crippen LogP contribution in [0.15, 0.2) is 23.1 Å². The summed E-state index contributed by atoms with van der Waals surface area (Å²) in [5, 5.41) is 8.64. The molecule has 1 rings (SSSR count). The molecule has 0 atom stereocenters. The zero-order valence-electron chi connectivity index (χ0n) is 11.6. The highest BCUT2D eigenvalue weighted by atomic mass is 32.2. The maximum absolute atomic E-state index is 12.1. The van der Waals surface area contributed by atoms with Gasteiger partial charge in [0.2, 0.25) is 10.0 Å². The quantitative estimate of drug-likeness (QED) is 0.719. The molecule has 0 radical (unpaired) electrons. The van der Waals surface area contributed by atoms with E-state index in [4.69, 9.17) is 5.11 Å². The molecule has 0 aliphatic carbocycles. The van der Waals surface area contributed by atoms with Gasteiger partial charge in [0.1, 0.15) is 0 Å². The van der Waals surface area contributed by atoms with Crippen molar-refractivity contribution in [3.05, 3.63) is 29.3 Å². The van der Waals surface area contributed by atoms with Crippen LogP contribution in [0, 0.1) is 13.8 Å². The first-order valence-corrected chi connectivity index (χ1v) is 8.13. The smallest absolute Gasteiger partial charge is 0.240 e. The largest absolute Gasteiger partial charge is 0.396 e. The lowest BCUT2D eigenvalue weighted by Gasteiger charge is -2.09. The average molecular weight is 285 g/mol. The molecule has 1 aromatic carbocycles. The van der Waals surface area contributed by atoms with Crippen LogP contribution in [-0.2, 0) is 10.0 Å². The van der Waals surface area contributed by atoms with E-state index < -0.39 is 10.0 Å². The number of rotatable bonds is 8.